The van der Waals surface area contributed by atoms with Gasteiger partial charge in [-0.3, -0.25) is 14.9 Å². The quantitative estimate of drug-likeness (QED) is 0.512. The lowest BCUT2D eigenvalue weighted by molar-refractivity contribution is -0.384. The number of hydrogen-bond donors (Lipinski definition) is 1. The number of anilines is 1. The summed E-state index contributed by atoms with van der Waals surface area (Å²) in [5.74, 6) is 0.803. The number of nitro groups is 1. The van der Waals surface area contributed by atoms with Crippen LogP contribution in [0.2, 0.25) is 0 Å². The third-order valence-electron chi connectivity index (χ3n) is 4.17. The van der Waals surface area contributed by atoms with Crippen LogP contribution in [-0.4, -0.2) is 52.0 Å². The molecule has 1 saturated heterocycles. The number of carbonyl (C=O) groups excluding carboxylic acids is 1. The maximum Gasteiger partial charge on any atom is 0.269 e. The number of amides is 1. The van der Waals surface area contributed by atoms with Crippen molar-refractivity contribution >= 4 is 23.5 Å². The monoisotopic (exact) mass is 354 g/mol. The van der Waals surface area contributed by atoms with E-state index in [0.717, 1.165) is 11.4 Å². The molecule has 1 amide bonds. The van der Waals surface area contributed by atoms with Crippen LogP contribution in [0.4, 0.5) is 11.5 Å². The lowest BCUT2D eigenvalue weighted by Gasteiger charge is -2.34. The Morgan fingerprint density at radius 3 is 2.38 bits per heavy atom. The second-order valence-electron chi connectivity index (χ2n) is 5.87. The Morgan fingerprint density at radius 1 is 1.12 bits per heavy atom. The molecular weight excluding hydrogens is 336 g/mol. The number of nitrogens with zero attached hydrogens (tertiary/aromatic N) is 4. The van der Waals surface area contributed by atoms with Gasteiger partial charge < -0.3 is 14.9 Å². The number of aromatic hydroxyl groups is 1. The Morgan fingerprint density at radius 2 is 1.81 bits per heavy atom. The summed E-state index contributed by atoms with van der Waals surface area (Å²) in [5, 5.41) is 19.9. The van der Waals surface area contributed by atoms with Gasteiger partial charge in [-0.2, -0.15) is 0 Å². The van der Waals surface area contributed by atoms with Crippen LogP contribution >= 0.6 is 0 Å². The molecule has 1 aliphatic rings. The number of non-ortho nitro benzene ring substituents is 1. The number of pyridine rings is 1. The summed E-state index contributed by atoms with van der Waals surface area (Å²) in [4.78, 5) is 30.5. The molecule has 1 aliphatic heterocycles. The molecule has 8 nitrogen and oxygen atoms in total. The molecule has 3 rings (SSSR count). The third-order valence-corrected chi connectivity index (χ3v) is 4.17. The third kappa shape index (κ3) is 4.15. The van der Waals surface area contributed by atoms with E-state index >= 15 is 0 Å². The van der Waals surface area contributed by atoms with E-state index in [1.165, 1.54) is 24.4 Å². The zero-order valence-corrected chi connectivity index (χ0v) is 14.0. The van der Waals surface area contributed by atoms with Crippen LogP contribution < -0.4 is 4.90 Å². The first kappa shape index (κ1) is 17.4. The number of carbonyl (C=O) groups is 1. The zero-order valence-electron chi connectivity index (χ0n) is 14.0. The van der Waals surface area contributed by atoms with Crippen LogP contribution in [0, 0.1) is 10.1 Å². The van der Waals surface area contributed by atoms with Crippen molar-refractivity contribution in [1.82, 2.24) is 9.88 Å². The normalized spacial score (nSPS) is 14.6. The number of hydrogen-bond acceptors (Lipinski definition) is 6. The van der Waals surface area contributed by atoms with Gasteiger partial charge in [0.1, 0.15) is 11.6 Å². The van der Waals surface area contributed by atoms with Crippen molar-refractivity contribution in [2.75, 3.05) is 31.1 Å². The SMILES string of the molecule is O=C(/C=C/c1ccc([N+](=O)[O-])cc1)N1CCN(c2ccc(O)cn2)CC1. The molecule has 1 fully saturated rings. The molecular formula is C18H18N4O4. The van der Waals surface area contributed by atoms with Crippen LogP contribution in [-0.2, 0) is 4.79 Å². The molecule has 1 aromatic heterocycles. The number of piperazine rings is 1. The summed E-state index contributed by atoms with van der Waals surface area (Å²) in [6, 6.07) is 9.38. The van der Waals surface area contributed by atoms with Crippen LogP contribution in [0.25, 0.3) is 6.08 Å². The number of benzene rings is 1. The molecule has 0 spiro atoms. The maximum absolute atomic E-state index is 12.3. The fourth-order valence-electron chi connectivity index (χ4n) is 2.70. The first-order valence-corrected chi connectivity index (χ1v) is 8.14. The number of aromatic nitrogens is 1. The van der Waals surface area contributed by atoms with E-state index in [1.807, 2.05) is 0 Å². The van der Waals surface area contributed by atoms with E-state index in [-0.39, 0.29) is 17.3 Å². The fraction of sp³-hybridized carbons (Fsp3) is 0.222. The van der Waals surface area contributed by atoms with Crippen LogP contribution in [0.15, 0.2) is 48.7 Å². The van der Waals surface area contributed by atoms with Gasteiger partial charge >= 0.3 is 0 Å². The first-order valence-electron chi connectivity index (χ1n) is 8.14. The zero-order chi connectivity index (χ0) is 18.5. The molecule has 0 radical (unpaired) electrons. The molecule has 0 bridgehead atoms. The Hall–Kier alpha value is -3.42. The highest BCUT2D eigenvalue weighted by Gasteiger charge is 2.20. The molecule has 26 heavy (non-hydrogen) atoms. The summed E-state index contributed by atoms with van der Waals surface area (Å²) < 4.78 is 0. The highest BCUT2D eigenvalue weighted by molar-refractivity contribution is 5.92. The lowest BCUT2D eigenvalue weighted by Crippen LogP contribution is -2.48. The Labute approximate surface area is 150 Å². The molecule has 0 unspecified atom stereocenters. The molecule has 0 aliphatic carbocycles. The van der Waals surface area contributed by atoms with Gasteiger partial charge in [-0.25, -0.2) is 4.98 Å². The van der Waals surface area contributed by atoms with Gasteiger partial charge in [0.25, 0.3) is 5.69 Å². The van der Waals surface area contributed by atoms with Gasteiger partial charge in [-0.05, 0) is 35.9 Å². The van der Waals surface area contributed by atoms with E-state index in [2.05, 4.69) is 9.88 Å². The average Bonchev–Trinajstić information content (AvgIpc) is 2.67. The van der Waals surface area contributed by atoms with Gasteiger partial charge in [-0.1, -0.05) is 0 Å². The van der Waals surface area contributed by atoms with Gasteiger partial charge in [0.2, 0.25) is 5.91 Å². The Balaban J connectivity index is 1.54. The molecule has 0 saturated carbocycles. The lowest BCUT2D eigenvalue weighted by atomic mass is 10.2. The summed E-state index contributed by atoms with van der Waals surface area (Å²) in [6.45, 7) is 2.47. The minimum atomic E-state index is -0.457. The van der Waals surface area contributed by atoms with E-state index in [9.17, 15) is 20.0 Å². The fourth-order valence-corrected chi connectivity index (χ4v) is 2.70. The maximum atomic E-state index is 12.3. The predicted molar refractivity (Wildman–Crippen MR) is 96.8 cm³/mol. The molecule has 134 valence electrons. The second-order valence-corrected chi connectivity index (χ2v) is 5.87. The van der Waals surface area contributed by atoms with E-state index in [4.69, 9.17) is 0 Å². The van der Waals surface area contributed by atoms with Crippen molar-refractivity contribution in [3.8, 4) is 5.75 Å². The van der Waals surface area contributed by atoms with Crippen molar-refractivity contribution in [2.45, 2.75) is 0 Å². The minimum Gasteiger partial charge on any atom is -0.506 e. The van der Waals surface area contributed by atoms with Crippen molar-refractivity contribution in [3.05, 3.63) is 64.3 Å². The second kappa shape index (κ2) is 7.64. The van der Waals surface area contributed by atoms with Crippen LogP contribution in [0.3, 0.4) is 0 Å². The summed E-state index contributed by atoms with van der Waals surface area (Å²) in [5.41, 5.74) is 0.753. The molecule has 2 heterocycles. The summed E-state index contributed by atoms with van der Waals surface area (Å²) >= 11 is 0. The number of rotatable bonds is 4. The van der Waals surface area contributed by atoms with Crippen LogP contribution in [0.5, 0.6) is 5.75 Å². The van der Waals surface area contributed by atoms with Crippen molar-refractivity contribution in [2.24, 2.45) is 0 Å². The largest absolute Gasteiger partial charge is 0.506 e. The minimum absolute atomic E-state index is 0.0208. The van der Waals surface area contributed by atoms with Crippen molar-refractivity contribution in [1.29, 1.82) is 0 Å². The summed E-state index contributed by atoms with van der Waals surface area (Å²) in [7, 11) is 0. The van der Waals surface area contributed by atoms with Crippen molar-refractivity contribution in [3.63, 3.8) is 0 Å². The summed E-state index contributed by atoms with van der Waals surface area (Å²) in [6.07, 6.45) is 4.54. The highest BCUT2D eigenvalue weighted by atomic mass is 16.6. The molecule has 1 aromatic carbocycles. The van der Waals surface area contributed by atoms with E-state index in [1.54, 1.807) is 35.2 Å². The van der Waals surface area contributed by atoms with Gasteiger partial charge in [0.05, 0.1) is 11.1 Å². The molecule has 8 heteroatoms. The van der Waals surface area contributed by atoms with Crippen molar-refractivity contribution < 1.29 is 14.8 Å². The van der Waals surface area contributed by atoms with E-state index < -0.39 is 4.92 Å². The van der Waals surface area contributed by atoms with Gasteiger partial charge in [0.15, 0.2) is 0 Å². The Bertz CT molecular complexity index is 810. The predicted octanol–water partition coefficient (Wildman–Crippen LogP) is 2.06. The van der Waals surface area contributed by atoms with Gasteiger partial charge in [0, 0.05) is 44.4 Å². The topological polar surface area (TPSA) is 99.8 Å². The standard InChI is InChI=1S/C18H18N4O4/c23-16-6-7-17(19-13-16)20-9-11-21(12-10-20)18(24)8-3-14-1-4-15(5-2-14)22(25)26/h1-8,13,23H,9-12H2/b8-3+. The molecule has 1 N–H and O–H groups in total. The molecule has 0 atom stereocenters. The van der Waals surface area contributed by atoms with Gasteiger partial charge in [-0.15, -0.1) is 0 Å². The smallest absolute Gasteiger partial charge is 0.269 e. The Kier molecular flexibility index (Phi) is 5.12. The average molecular weight is 354 g/mol. The van der Waals surface area contributed by atoms with Crippen LogP contribution in [0.1, 0.15) is 5.56 Å². The van der Waals surface area contributed by atoms with E-state index in [0.29, 0.717) is 26.2 Å². The first-order chi connectivity index (χ1) is 12.5. The highest BCUT2D eigenvalue weighted by Crippen LogP contribution is 2.17. The molecule has 2 aromatic rings. The number of nitro benzene ring substituents is 1.